The lowest BCUT2D eigenvalue weighted by atomic mass is 9.98. The number of likely N-dealkylation sites (tertiary alicyclic amines) is 1. The highest BCUT2D eigenvalue weighted by atomic mass is 16.2. The molecule has 1 fully saturated rings. The van der Waals surface area contributed by atoms with Crippen molar-refractivity contribution in [1.29, 1.82) is 0 Å². The van der Waals surface area contributed by atoms with Crippen molar-refractivity contribution in [3.8, 4) is 0 Å². The zero-order valence-corrected chi connectivity index (χ0v) is 12.6. The summed E-state index contributed by atoms with van der Waals surface area (Å²) in [6, 6.07) is 0.218. The molecule has 1 N–H and O–H groups in total. The van der Waals surface area contributed by atoms with Crippen molar-refractivity contribution in [3.05, 3.63) is 0 Å². The molecular formula is C15H28N2O2. The van der Waals surface area contributed by atoms with Gasteiger partial charge >= 0.3 is 0 Å². The molecule has 1 aliphatic rings. The number of carbonyl (C=O) groups excluding carboxylic acids is 2. The van der Waals surface area contributed by atoms with Crippen LogP contribution in [0.25, 0.3) is 0 Å². The van der Waals surface area contributed by atoms with Gasteiger partial charge in [-0.25, -0.2) is 0 Å². The molecule has 0 bridgehead atoms. The Balaban J connectivity index is 2.68. The molecule has 0 saturated carbocycles. The number of carbonyl (C=O) groups is 2. The van der Waals surface area contributed by atoms with E-state index in [0.717, 1.165) is 32.2 Å². The molecule has 0 aromatic carbocycles. The number of hydrogen-bond donors (Lipinski definition) is 1. The van der Waals surface area contributed by atoms with E-state index >= 15 is 0 Å². The van der Waals surface area contributed by atoms with Gasteiger partial charge in [-0.15, -0.1) is 0 Å². The number of nitrogens with one attached hydrogen (secondary N) is 1. The number of imide groups is 1. The van der Waals surface area contributed by atoms with Crippen LogP contribution in [-0.4, -0.2) is 35.8 Å². The van der Waals surface area contributed by atoms with Gasteiger partial charge in [0.15, 0.2) is 0 Å². The number of nitrogens with zero attached hydrogens (tertiary/aromatic N) is 1. The van der Waals surface area contributed by atoms with Crippen molar-refractivity contribution in [2.75, 3.05) is 13.1 Å². The standard InChI is InChI=1S/C15H28N2O2/c1-4-10-16-13(12(3)5-2)11-17-14(18)8-6-7-9-15(17)19/h12-13,16H,4-11H2,1-3H3. The summed E-state index contributed by atoms with van der Waals surface area (Å²) < 4.78 is 0. The summed E-state index contributed by atoms with van der Waals surface area (Å²) in [5.74, 6) is 0.485. The zero-order chi connectivity index (χ0) is 14.3. The van der Waals surface area contributed by atoms with Crippen LogP contribution < -0.4 is 5.32 Å². The van der Waals surface area contributed by atoms with Gasteiger partial charge in [-0.1, -0.05) is 27.2 Å². The van der Waals surface area contributed by atoms with Gasteiger partial charge in [-0.2, -0.15) is 0 Å². The molecule has 2 amide bonds. The van der Waals surface area contributed by atoms with Gasteiger partial charge in [-0.05, 0) is 31.7 Å². The molecule has 0 spiro atoms. The Labute approximate surface area is 116 Å². The molecule has 2 unspecified atom stereocenters. The molecule has 0 aromatic heterocycles. The van der Waals surface area contributed by atoms with Crippen molar-refractivity contribution < 1.29 is 9.59 Å². The summed E-state index contributed by atoms with van der Waals surface area (Å²) >= 11 is 0. The Kier molecular flexibility index (Phi) is 7.06. The molecule has 1 saturated heterocycles. The first-order valence-corrected chi connectivity index (χ1v) is 7.66. The smallest absolute Gasteiger partial charge is 0.229 e. The first kappa shape index (κ1) is 16.2. The van der Waals surface area contributed by atoms with E-state index in [1.54, 1.807) is 0 Å². The summed E-state index contributed by atoms with van der Waals surface area (Å²) in [6.07, 6.45) is 4.85. The molecule has 2 atom stereocenters. The van der Waals surface area contributed by atoms with Crippen LogP contribution in [-0.2, 0) is 9.59 Å². The Hall–Kier alpha value is -0.900. The molecular weight excluding hydrogens is 240 g/mol. The second kappa shape index (κ2) is 8.31. The highest BCUT2D eigenvalue weighted by Crippen LogP contribution is 2.16. The van der Waals surface area contributed by atoms with E-state index in [9.17, 15) is 9.59 Å². The van der Waals surface area contributed by atoms with Crippen LogP contribution in [0.3, 0.4) is 0 Å². The lowest BCUT2D eigenvalue weighted by molar-refractivity contribution is -0.144. The van der Waals surface area contributed by atoms with Crippen molar-refractivity contribution in [1.82, 2.24) is 10.2 Å². The summed E-state index contributed by atoms with van der Waals surface area (Å²) in [5, 5.41) is 3.48. The van der Waals surface area contributed by atoms with Crippen molar-refractivity contribution in [2.24, 2.45) is 5.92 Å². The SMILES string of the molecule is CCCNC(CN1C(=O)CCCCC1=O)C(C)CC. The van der Waals surface area contributed by atoms with Gasteiger partial charge < -0.3 is 5.32 Å². The minimum absolute atomic E-state index is 0.00843. The van der Waals surface area contributed by atoms with Gasteiger partial charge in [0, 0.05) is 25.4 Å². The lowest BCUT2D eigenvalue weighted by Gasteiger charge is -2.29. The van der Waals surface area contributed by atoms with Gasteiger partial charge in [0.2, 0.25) is 11.8 Å². The van der Waals surface area contributed by atoms with E-state index in [1.807, 2.05) is 0 Å². The van der Waals surface area contributed by atoms with Crippen LogP contribution in [0.5, 0.6) is 0 Å². The highest BCUT2D eigenvalue weighted by Gasteiger charge is 2.28. The molecule has 1 heterocycles. The first-order valence-electron chi connectivity index (χ1n) is 7.66. The van der Waals surface area contributed by atoms with E-state index in [0.29, 0.717) is 25.3 Å². The lowest BCUT2D eigenvalue weighted by Crippen LogP contribution is -2.48. The number of hydrogen-bond acceptors (Lipinski definition) is 3. The average Bonchev–Trinajstić information content (AvgIpc) is 2.56. The predicted octanol–water partition coefficient (Wildman–Crippen LogP) is 2.33. The van der Waals surface area contributed by atoms with E-state index in [-0.39, 0.29) is 17.9 Å². The molecule has 19 heavy (non-hydrogen) atoms. The average molecular weight is 268 g/mol. The maximum Gasteiger partial charge on any atom is 0.229 e. The molecule has 110 valence electrons. The molecule has 1 aliphatic heterocycles. The summed E-state index contributed by atoms with van der Waals surface area (Å²) in [6.45, 7) is 7.93. The third kappa shape index (κ3) is 4.94. The number of amides is 2. The van der Waals surface area contributed by atoms with Crippen LogP contribution in [0, 0.1) is 5.92 Å². The van der Waals surface area contributed by atoms with Gasteiger partial charge in [-0.3, -0.25) is 14.5 Å². The van der Waals surface area contributed by atoms with E-state index < -0.39 is 0 Å². The quantitative estimate of drug-likeness (QED) is 0.721. The van der Waals surface area contributed by atoms with Crippen LogP contribution in [0.1, 0.15) is 59.3 Å². The van der Waals surface area contributed by atoms with Crippen molar-refractivity contribution in [2.45, 2.75) is 65.3 Å². The third-order valence-corrected chi connectivity index (χ3v) is 4.00. The zero-order valence-electron chi connectivity index (χ0n) is 12.6. The fraction of sp³-hybridized carbons (Fsp3) is 0.867. The first-order chi connectivity index (χ1) is 9.10. The summed E-state index contributed by atoms with van der Waals surface area (Å²) in [4.78, 5) is 25.5. The largest absolute Gasteiger partial charge is 0.312 e. The Morgan fingerprint density at radius 2 is 1.74 bits per heavy atom. The van der Waals surface area contributed by atoms with Crippen molar-refractivity contribution in [3.63, 3.8) is 0 Å². The third-order valence-electron chi connectivity index (χ3n) is 4.00. The molecule has 4 heteroatoms. The highest BCUT2D eigenvalue weighted by molar-refractivity contribution is 5.96. The Morgan fingerprint density at radius 3 is 2.21 bits per heavy atom. The summed E-state index contributed by atoms with van der Waals surface area (Å²) in [5.41, 5.74) is 0. The fourth-order valence-corrected chi connectivity index (χ4v) is 2.42. The molecule has 0 aliphatic carbocycles. The summed E-state index contributed by atoms with van der Waals surface area (Å²) in [7, 11) is 0. The van der Waals surface area contributed by atoms with Crippen LogP contribution in [0.2, 0.25) is 0 Å². The Bertz CT molecular complexity index is 287. The van der Waals surface area contributed by atoms with Crippen molar-refractivity contribution >= 4 is 11.8 Å². The van der Waals surface area contributed by atoms with Gasteiger partial charge in [0.1, 0.15) is 0 Å². The van der Waals surface area contributed by atoms with Gasteiger partial charge in [0.05, 0.1) is 0 Å². The molecule has 4 nitrogen and oxygen atoms in total. The minimum Gasteiger partial charge on any atom is -0.312 e. The molecule has 1 rings (SSSR count). The fourth-order valence-electron chi connectivity index (χ4n) is 2.42. The van der Waals surface area contributed by atoms with E-state index in [1.165, 1.54) is 4.90 Å². The number of rotatable bonds is 7. The Morgan fingerprint density at radius 1 is 1.16 bits per heavy atom. The monoisotopic (exact) mass is 268 g/mol. The maximum atomic E-state index is 12.0. The molecule has 0 aromatic rings. The molecule has 0 radical (unpaired) electrons. The minimum atomic E-state index is 0.00843. The maximum absolute atomic E-state index is 12.0. The second-order valence-electron chi connectivity index (χ2n) is 5.55. The van der Waals surface area contributed by atoms with Crippen LogP contribution in [0.4, 0.5) is 0 Å². The topological polar surface area (TPSA) is 49.4 Å². The van der Waals surface area contributed by atoms with Gasteiger partial charge in [0.25, 0.3) is 0 Å². The van der Waals surface area contributed by atoms with Crippen LogP contribution in [0.15, 0.2) is 0 Å². The second-order valence-corrected chi connectivity index (χ2v) is 5.55. The predicted molar refractivity (Wildman–Crippen MR) is 76.7 cm³/mol. The normalized spacial score (nSPS) is 20.3. The van der Waals surface area contributed by atoms with Crippen LogP contribution >= 0.6 is 0 Å². The van der Waals surface area contributed by atoms with E-state index in [4.69, 9.17) is 0 Å². The van der Waals surface area contributed by atoms with E-state index in [2.05, 4.69) is 26.1 Å².